The van der Waals surface area contributed by atoms with Crippen molar-refractivity contribution in [3.63, 3.8) is 0 Å². The fraction of sp³-hybridized carbons (Fsp3) is 0.167. The van der Waals surface area contributed by atoms with Crippen molar-refractivity contribution < 1.29 is 24.5 Å². The highest BCUT2D eigenvalue weighted by Gasteiger charge is 2.12. The summed E-state index contributed by atoms with van der Waals surface area (Å²) in [7, 11) is 0. The third kappa shape index (κ3) is 3.98. The summed E-state index contributed by atoms with van der Waals surface area (Å²) in [5.74, 6) is -0.349. The number of esters is 1. The highest BCUT2D eigenvalue weighted by Crippen LogP contribution is 2.26. The Hall–Kier alpha value is -3.39. The van der Waals surface area contributed by atoms with Crippen LogP contribution in [-0.4, -0.2) is 50.5 Å². The van der Waals surface area contributed by atoms with E-state index in [0.29, 0.717) is 22.5 Å². The Bertz CT molecular complexity index is 904. The summed E-state index contributed by atoms with van der Waals surface area (Å²) in [5, 5.41) is 28.5. The van der Waals surface area contributed by atoms with Crippen LogP contribution in [0.4, 0.5) is 0 Å². The molecule has 0 saturated heterocycles. The minimum Gasteiger partial charge on any atom is -0.505 e. The van der Waals surface area contributed by atoms with E-state index < -0.39 is 12.1 Å². The van der Waals surface area contributed by atoms with E-state index in [1.807, 2.05) is 24.3 Å². The first kappa shape index (κ1) is 17.4. The van der Waals surface area contributed by atoms with E-state index in [0.717, 1.165) is 6.08 Å². The number of rotatable bonds is 7. The van der Waals surface area contributed by atoms with Crippen LogP contribution < -0.4 is 4.74 Å². The molecule has 0 saturated carbocycles. The van der Waals surface area contributed by atoms with Crippen molar-refractivity contribution in [1.29, 1.82) is 0 Å². The molecule has 1 heterocycles. The number of ether oxygens (including phenoxy) is 2. The number of aliphatic hydroxyl groups excluding tert-OH is 1. The minimum atomic E-state index is -1.00. The van der Waals surface area contributed by atoms with E-state index in [-0.39, 0.29) is 19.0 Å². The molecule has 8 nitrogen and oxygen atoms in total. The molecule has 0 aliphatic carbocycles. The van der Waals surface area contributed by atoms with Gasteiger partial charge in [-0.1, -0.05) is 18.7 Å². The Morgan fingerprint density at radius 2 is 1.88 bits per heavy atom. The average molecular weight is 355 g/mol. The highest BCUT2D eigenvalue weighted by molar-refractivity contribution is 5.81. The molecule has 2 aromatic carbocycles. The Morgan fingerprint density at radius 3 is 2.50 bits per heavy atom. The number of benzene rings is 2. The Kier molecular flexibility index (Phi) is 5.14. The van der Waals surface area contributed by atoms with Crippen LogP contribution in [0, 0.1) is 0 Å². The van der Waals surface area contributed by atoms with E-state index in [1.54, 1.807) is 12.1 Å². The molecule has 0 fully saturated rings. The maximum atomic E-state index is 10.9. The van der Waals surface area contributed by atoms with E-state index >= 15 is 0 Å². The van der Waals surface area contributed by atoms with Crippen LogP contribution in [0.15, 0.2) is 55.1 Å². The summed E-state index contributed by atoms with van der Waals surface area (Å²) in [6, 6.07) is 12.0. The van der Waals surface area contributed by atoms with Crippen LogP contribution in [0.25, 0.3) is 16.7 Å². The molecule has 0 bridgehead atoms. The summed E-state index contributed by atoms with van der Waals surface area (Å²) in [5.41, 5.74) is 1.82. The number of phenolic OH excluding ortho intramolecular Hbond substituents is 1. The number of phenols is 1. The molecule has 0 radical (unpaired) electrons. The Labute approximate surface area is 148 Å². The second-order valence-corrected chi connectivity index (χ2v) is 5.43. The fourth-order valence-electron chi connectivity index (χ4n) is 2.21. The second-order valence-electron chi connectivity index (χ2n) is 5.43. The van der Waals surface area contributed by atoms with E-state index in [1.165, 1.54) is 10.9 Å². The second kappa shape index (κ2) is 7.66. The van der Waals surface area contributed by atoms with Gasteiger partial charge >= 0.3 is 5.97 Å². The van der Waals surface area contributed by atoms with Crippen molar-refractivity contribution in [2.24, 2.45) is 0 Å². The smallest absolute Gasteiger partial charge is 0.330 e. The maximum absolute atomic E-state index is 10.9. The molecule has 8 heteroatoms. The van der Waals surface area contributed by atoms with Crippen LogP contribution in [0.5, 0.6) is 11.5 Å². The lowest BCUT2D eigenvalue weighted by Gasteiger charge is -2.13. The Balaban J connectivity index is 1.65. The third-order valence-electron chi connectivity index (χ3n) is 3.48. The molecular weight excluding hydrogens is 338 g/mol. The lowest BCUT2D eigenvalue weighted by Crippen LogP contribution is -2.24. The molecule has 1 atom stereocenters. The van der Waals surface area contributed by atoms with E-state index in [2.05, 4.69) is 16.8 Å². The van der Waals surface area contributed by atoms with Gasteiger partial charge in [0.15, 0.2) is 0 Å². The fourth-order valence-corrected chi connectivity index (χ4v) is 2.21. The monoisotopic (exact) mass is 355 g/mol. The highest BCUT2D eigenvalue weighted by atomic mass is 16.5. The summed E-state index contributed by atoms with van der Waals surface area (Å²) in [4.78, 5) is 12.3. The van der Waals surface area contributed by atoms with Crippen molar-refractivity contribution in [1.82, 2.24) is 15.0 Å². The molecule has 0 aliphatic rings. The minimum absolute atomic E-state index is 0.0737. The van der Waals surface area contributed by atoms with Crippen LogP contribution in [-0.2, 0) is 9.53 Å². The van der Waals surface area contributed by atoms with Gasteiger partial charge in [0.2, 0.25) is 0 Å². The van der Waals surface area contributed by atoms with Gasteiger partial charge in [-0.05, 0) is 24.3 Å². The standard InChI is InChI=1S/C18H17N3O5/c1-2-18(24)26-11-12(22)10-25-13-7-8-16(17(23)9-13)21-19-14-5-3-4-6-15(14)20-21/h2-9,12,22-23H,1,10-11H2. The van der Waals surface area contributed by atoms with Crippen LogP contribution >= 0.6 is 0 Å². The van der Waals surface area contributed by atoms with Crippen LogP contribution in [0.1, 0.15) is 0 Å². The van der Waals surface area contributed by atoms with Crippen molar-refractivity contribution in [3.8, 4) is 17.2 Å². The number of carbonyl (C=O) groups is 1. The van der Waals surface area contributed by atoms with Crippen molar-refractivity contribution >= 4 is 17.0 Å². The molecule has 1 aromatic heterocycles. The molecule has 2 N–H and O–H groups in total. The summed E-state index contributed by atoms with van der Waals surface area (Å²) >= 11 is 0. The number of aliphatic hydroxyl groups is 1. The van der Waals surface area contributed by atoms with E-state index in [4.69, 9.17) is 9.47 Å². The quantitative estimate of drug-likeness (QED) is 0.490. The number of hydrogen-bond donors (Lipinski definition) is 2. The van der Waals surface area contributed by atoms with Crippen LogP contribution in [0.2, 0.25) is 0 Å². The predicted octanol–water partition coefficient (Wildman–Crippen LogP) is 1.59. The lowest BCUT2D eigenvalue weighted by molar-refractivity contribution is -0.141. The first-order valence-electron chi connectivity index (χ1n) is 7.82. The number of nitrogens with zero attached hydrogens (tertiary/aromatic N) is 3. The van der Waals surface area contributed by atoms with Gasteiger partial charge in [0, 0.05) is 12.1 Å². The normalized spacial score (nSPS) is 11.9. The number of fused-ring (bicyclic) bond motifs is 1. The third-order valence-corrected chi connectivity index (χ3v) is 3.48. The van der Waals surface area contributed by atoms with Gasteiger partial charge < -0.3 is 19.7 Å². The van der Waals surface area contributed by atoms with E-state index in [9.17, 15) is 15.0 Å². The van der Waals surface area contributed by atoms with Gasteiger partial charge in [0.1, 0.15) is 47.5 Å². The summed E-state index contributed by atoms with van der Waals surface area (Å²) in [6.07, 6.45) is 0.00989. The molecule has 0 amide bonds. The largest absolute Gasteiger partial charge is 0.505 e. The molecule has 26 heavy (non-hydrogen) atoms. The molecular formula is C18H17N3O5. The number of aromatic hydroxyl groups is 1. The molecule has 3 aromatic rings. The summed E-state index contributed by atoms with van der Waals surface area (Å²) in [6.45, 7) is 2.95. The van der Waals surface area contributed by atoms with Crippen molar-refractivity contribution in [2.75, 3.05) is 13.2 Å². The summed E-state index contributed by atoms with van der Waals surface area (Å²) < 4.78 is 10.1. The number of aromatic nitrogens is 3. The first-order valence-corrected chi connectivity index (χ1v) is 7.82. The molecule has 0 spiro atoms. The van der Waals surface area contributed by atoms with Crippen molar-refractivity contribution in [2.45, 2.75) is 6.10 Å². The molecule has 3 rings (SSSR count). The van der Waals surface area contributed by atoms with Crippen molar-refractivity contribution in [3.05, 3.63) is 55.1 Å². The van der Waals surface area contributed by atoms with Gasteiger partial charge in [-0.3, -0.25) is 0 Å². The Morgan fingerprint density at radius 1 is 1.19 bits per heavy atom. The van der Waals surface area contributed by atoms with Gasteiger partial charge in [-0.25, -0.2) is 4.79 Å². The molecule has 0 aliphatic heterocycles. The van der Waals surface area contributed by atoms with Gasteiger partial charge in [-0.2, -0.15) is 0 Å². The number of hydrogen-bond acceptors (Lipinski definition) is 7. The van der Waals surface area contributed by atoms with Gasteiger partial charge in [0.05, 0.1) is 0 Å². The average Bonchev–Trinajstić information content (AvgIpc) is 3.08. The van der Waals surface area contributed by atoms with Gasteiger partial charge in [0.25, 0.3) is 0 Å². The number of carbonyl (C=O) groups excluding carboxylic acids is 1. The zero-order valence-electron chi connectivity index (χ0n) is 13.8. The zero-order chi connectivity index (χ0) is 18.5. The van der Waals surface area contributed by atoms with Crippen LogP contribution in [0.3, 0.4) is 0 Å². The topological polar surface area (TPSA) is 107 Å². The predicted molar refractivity (Wildman–Crippen MR) is 93.2 cm³/mol. The first-order chi connectivity index (χ1) is 12.6. The van der Waals surface area contributed by atoms with Gasteiger partial charge in [-0.15, -0.1) is 15.0 Å². The maximum Gasteiger partial charge on any atom is 0.330 e. The molecule has 134 valence electrons. The zero-order valence-corrected chi connectivity index (χ0v) is 13.8. The lowest BCUT2D eigenvalue weighted by atomic mass is 10.3. The SMILES string of the molecule is C=CC(=O)OCC(O)COc1ccc(-n2nc3ccccc3n2)c(O)c1. The molecule has 1 unspecified atom stereocenters.